The Morgan fingerprint density at radius 1 is 1.10 bits per heavy atom. The number of para-hydroxylation sites is 2. The fourth-order valence-corrected chi connectivity index (χ4v) is 5.64. The molecule has 31 heavy (non-hydrogen) atoms. The Balaban J connectivity index is 1.37. The van der Waals surface area contributed by atoms with Crippen molar-refractivity contribution in [2.45, 2.75) is 35.3 Å². The number of hydrogen-bond acceptors (Lipinski definition) is 7. The number of fused-ring (bicyclic) bond motifs is 1. The lowest BCUT2D eigenvalue weighted by Crippen LogP contribution is -2.53. The maximum Gasteiger partial charge on any atom is 0.239 e. The summed E-state index contributed by atoms with van der Waals surface area (Å²) in [6.45, 7) is 0.792. The van der Waals surface area contributed by atoms with E-state index in [4.69, 9.17) is 19.6 Å². The first kappa shape index (κ1) is 21.3. The van der Waals surface area contributed by atoms with Crippen molar-refractivity contribution in [3.05, 3.63) is 54.4 Å². The molecule has 0 aliphatic carbocycles. The number of oxazole rings is 1. The first-order valence-corrected chi connectivity index (χ1v) is 11.6. The third-order valence-corrected chi connectivity index (χ3v) is 8.07. The zero-order valence-corrected chi connectivity index (χ0v) is 17.8. The number of primary amides is 1. The van der Waals surface area contributed by atoms with Crippen molar-refractivity contribution in [3.8, 4) is 5.75 Å². The molecule has 4 rings (SSSR count). The van der Waals surface area contributed by atoms with E-state index in [1.54, 1.807) is 12.1 Å². The van der Waals surface area contributed by atoms with E-state index >= 15 is 0 Å². The van der Waals surface area contributed by atoms with Gasteiger partial charge in [-0.2, -0.15) is 0 Å². The standard InChI is InChI=1S/C22H24N2O6S/c23-21(25)22(11-14-28-15-12-22)31(26,27)17-9-7-16(8-10-17)29-13-3-6-20-24-18-4-1-2-5-19(18)30-20/h1-2,4-5,7-10H,3,6,11-15H2,(H2,23,25). The van der Waals surface area contributed by atoms with Crippen LogP contribution in [0.1, 0.15) is 25.2 Å². The van der Waals surface area contributed by atoms with Crippen molar-refractivity contribution in [3.63, 3.8) is 0 Å². The molecule has 0 unspecified atom stereocenters. The molecule has 9 heteroatoms. The molecule has 0 bridgehead atoms. The molecule has 0 saturated carbocycles. The summed E-state index contributed by atoms with van der Waals surface area (Å²) in [7, 11) is -3.94. The SMILES string of the molecule is NC(=O)C1(S(=O)(=O)c2ccc(OCCCc3nc4ccccc4o3)cc2)CCOCC1. The predicted octanol–water partition coefficient (Wildman–Crippen LogP) is 2.65. The van der Waals surface area contributed by atoms with Gasteiger partial charge in [-0.05, 0) is 55.7 Å². The Morgan fingerprint density at radius 2 is 1.81 bits per heavy atom. The summed E-state index contributed by atoms with van der Waals surface area (Å²) in [6.07, 6.45) is 1.43. The molecule has 0 spiro atoms. The smallest absolute Gasteiger partial charge is 0.239 e. The molecule has 1 aliphatic heterocycles. The van der Waals surface area contributed by atoms with Crippen molar-refractivity contribution in [1.29, 1.82) is 0 Å². The van der Waals surface area contributed by atoms with E-state index in [0.717, 1.165) is 11.1 Å². The number of carbonyl (C=O) groups excluding carboxylic acids is 1. The fraction of sp³-hybridized carbons (Fsp3) is 0.364. The normalized spacial score (nSPS) is 16.3. The minimum Gasteiger partial charge on any atom is -0.494 e. The van der Waals surface area contributed by atoms with Crippen molar-refractivity contribution in [2.24, 2.45) is 5.73 Å². The summed E-state index contributed by atoms with van der Waals surface area (Å²) in [5.74, 6) is 0.353. The van der Waals surface area contributed by atoms with Crippen LogP contribution in [0.3, 0.4) is 0 Å². The largest absolute Gasteiger partial charge is 0.494 e. The van der Waals surface area contributed by atoms with Gasteiger partial charge in [0, 0.05) is 19.6 Å². The summed E-state index contributed by atoms with van der Waals surface area (Å²) >= 11 is 0. The number of sulfone groups is 1. The van der Waals surface area contributed by atoms with Crippen LogP contribution in [-0.4, -0.2) is 43.9 Å². The fourth-order valence-electron chi connectivity index (χ4n) is 3.73. The molecule has 8 nitrogen and oxygen atoms in total. The van der Waals surface area contributed by atoms with E-state index in [2.05, 4.69) is 4.98 Å². The Hall–Kier alpha value is -2.91. The highest BCUT2D eigenvalue weighted by Crippen LogP contribution is 2.35. The van der Waals surface area contributed by atoms with Gasteiger partial charge in [0.05, 0.1) is 11.5 Å². The molecule has 3 aromatic rings. The van der Waals surface area contributed by atoms with Crippen molar-refractivity contribution >= 4 is 26.8 Å². The molecule has 1 amide bonds. The van der Waals surface area contributed by atoms with E-state index in [1.165, 1.54) is 12.1 Å². The molecule has 164 valence electrons. The molecule has 2 heterocycles. The van der Waals surface area contributed by atoms with Crippen LogP contribution < -0.4 is 10.5 Å². The molecular weight excluding hydrogens is 420 g/mol. The van der Waals surface area contributed by atoms with Crippen LogP contribution in [0.25, 0.3) is 11.1 Å². The number of hydrogen-bond donors (Lipinski definition) is 1. The molecule has 1 fully saturated rings. The second-order valence-electron chi connectivity index (χ2n) is 7.47. The molecular formula is C22H24N2O6S. The van der Waals surface area contributed by atoms with Gasteiger partial charge in [0.15, 0.2) is 26.1 Å². The highest BCUT2D eigenvalue weighted by molar-refractivity contribution is 7.93. The molecule has 1 aromatic heterocycles. The van der Waals surface area contributed by atoms with E-state index < -0.39 is 20.5 Å². The van der Waals surface area contributed by atoms with Crippen molar-refractivity contribution in [1.82, 2.24) is 4.98 Å². The van der Waals surface area contributed by atoms with Gasteiger partial charge in [-0.3, -0.25) is 4.79 Å². The van der Waals surface area contributed by atoms with Crippen LogP contribution in [0.2, 0.25) is 0 Å². The lowest BCUT2D eigenvalue weighted by Gasteiger charge is -2.33. The van der Waals surface area contributed by atoms with Gasteiger partial charge in [-0.1, -0.05) is 12.1 Å². The number of ether oxygens (including phenoxy) is 2. The number of rotatable bonds is 8. The minimum atomic E-state index is -3.94. The monoisotopic (exact) mass is 444 g/mol. The van der Waals surface area contributed by atoms with Gasteiger partial charge in [0.25, 0.3) is 0 Å². The Morgan fingerprint density at radius 3 is 2.48 bits per heavy atom. The number of amides is 1. The van der Waals surface area contributed by atoms with E-state index in [9.17, 15) is 13.2 Å². The minimum absolute atomic E-state index is 0.0482. The zero-order chi connectivity index (χ0) is 21.9. The maximum absolute atomic E-state index is 13.1. The number of aromatic nitrogens is 1. The lowest BCUT2D eigenvalue weighted by molar-refractivity contribution is -0.122. The average Bonchev–Trinajstić information content (AvgIpc) is 3.20. The van der Waals surface area contributed by atoms with E-state index in [-0.39, 0.29) is 31.0 Å². The van der Waals surface area contributed by atoms with Crippen LogP contribution in [0.5, 0.6) is 5.75 Å². The second kappa shape index (κ2) is 8.68. The Bertz CT molecular complexity index is 1130. The number of nitrogens with two attached hydrogens (primary N) is 1. The second-order valence-corrected chi connectivity index (χ2v) is 9.73. The summed E-state index contributed by atoms with van der Waals surface area (Å²) in [5, 5.41) is 0. The Kier molecular flexibility index (Phi) is 5.97. The molecule has 0 radical (unpaired) electrons. The van der Waals surface area contributed by atoms with Gasteiger partial charge < -0.3 is 19.6 Å². The van der Waals surface area contributed by atoms with E-state index in [0.29, 0.717) is 31.1 Å². The van der Waals surface area contributed by atoms with Crippen LogP contribution in [-0.2, 0) is 25.8 Å². The summed E-state index contributed by atoms with van der Waals surface area (Å²) in [5.41, 5.74) is 7.08. The van der Waals surface area contributed by atoms with E-state index in [1.807, 2.05) is 24.3 Å². The van der Waals surface area contributed by atoms with Gasteiger partial charge in [-0.15, -0.1) is 0 Å². The first-order chi connectivity index (χ1) is 14.9. The van der Waals surface area contributed by atoms with Crippen molar-refractivity contribution in [2.75, 3.05) is 19.8 Å². The highest BCUT2D eigenvalue weighted by Gasteiger charge is 2.51. The van der Waals surface area contributed by atoms with Gasteiger partial charge in [0.1, 0.15) is 11.3 Å². The molecule has 1 aliphatic rings. The number of aryl methyl sites for hydroxylation is 1. The van der Waals surface area contributed by atoms with Gasteiger partial charge in [0.2, 0.25) is 5.91 Å². The van der Waals surface area contributed by atoms with Crippen LogP contribution in [0.4, 0.5) is 0 Å². The van der Waals surface area contributed by atoms with Crippen LogP contribution in [0.15, 0.2) is 57.8 Å². The molecule has 2 aromatic carbocycles. The third-order valence-electron chi connectivity index (χ3n) is 5.54. The number of carbonyl (C=O) groups is 1. The highest BCUT2D eigenvalue weighted by atomic mass is 32.2. The maximum atomic E-state index is 13.1. The van der Waals surface area contributed by atoms with Crippen LogP contribution in [0, 0.1) is 0 Å². The lowest BCUT2D eigenvalue weighted by atomic mass is 9.98. The van der Waals surface area contributed by atoms with Crippen LogP contribution >= 0.6 is 0 Å². The zero-order valence-electron chi connectivity index (χ0n) is 17.0. The first-order valence-electron chi connectivity index (χ1n) is 10.1. The molecule has 0 atom stereocenters. The summed E-state index contributed by atoms with van der Waals surface area (Å²) in [4.78, 5) is 16.5. The Labute approximate surface area is 180 Å². The molecule has 1 saturated heterocycles. The summed E-state index contributed by atoms with van der Waals surface area (Å²) in [6, 6.07) is 13.7. The molecule has 2 N–H and O–H groups in total. The summed E-state index contributed by atoms with van der Waals surface area (Å²) < 4.78 is 41.3. The number of nitrogens with zero attached hydrogens (tertiary/aromatic N) is 1. The van der Waals surface area contributed by atoms with Crippen molar-refractivity contribution < 1.29 is 27.1 Å². The third kappa shape index (κ3) is 4.15. The van der Waals surface area contributed by atoms with Gasteiger partial charge in [-0.25, -0.2) is 13.4 Å². The predicted molar refractivity (Wildman–Crippen MR) is 113 cm³/mol. The topological polar surface area (TPSA) is 122 Å². The quantitative estimate of drug-likeness (QED) is 0.530. The number of benzene rings is 2. The average molecular weight is 445 g/mol. The van der Waals surface area contributed by atoms with Gasteiger partial charge >= 0.3 is 0 Å².